The van der Waals surface area contributed by atoms with E-state index in [1.807, 2.05) is 61.2 Å². The average molecular weight is 388 g/mol. The van der Waals surface area contributed by atoms with Crippen LogP contribution < -0.4 is 5.32 Å². The number of benzene rings is 2. The van der Waals surface area contributed by atoms with E-state index in [-0.39, 0.29) is 11.9 Å². The summed E-state index contributed by atoms with van der Waals surface area (Å²) < 4.78 is 0. The minimum atomic E-state index is 0.00397. The summed E-state index contributed by atoms with van der Waals surface area (Å²) in [5.74, 6) is 0.00397. The summed E-state index contributed by atoms with van der Waals surface area (Å²) in [6.45, 7) is 5.51. The van der Waals surface area contributed by atoms with Crippen LogP contribution in [0.15, 0.2) is 79.1 Å². The zero-order chi connectivity index (χ0) is 20.5. The van der Waals surface area contributed by atoms with Crippen molar-refractivity contribution in [3.63, 3.8) is 0 Å². The normalized spacial score (nSPS) is 10.7. The van der Waals surface area contributed by atoms with E-state index in [0.29, 0.717) is 12.1 Å². The van der Waals surface area contributed by atoms with Crippen molar-refractivity contribution in [3.8, 4) is 0 Å². The average Bonchev–Trinajstić information content (AvgIpc) is 2.76. The predicted octanol–water partition coefficient (Wildman–Crippen LogP) is 5.18. The molecule has 0 atom stereocenters. The molecule has 0 saturated heterocycles. The number of anilines is 1. The monoisotopic (exact) mass is 387 g/mol. The first-order valence-electron chi connectivity index (χ1n) is 10.2. The van der Waals surface area contributed by atoms with Crippen LogP contribution in [0.3, 0.4) is 0 Å². The van der Waals surface area contributed by atoms with Gasteiger partial charge in [-0.25, -0.2) is 0 Å². The van der Waals surface area contributed by atoms with Crippen molar-refractivity contribution in [1.82, 2.24) is 9.88 Å². The van der Waals surface area contributed by atoms with Crippen LogP contribution in [0.1, 0.15) is 41.8 Å². The molecule has 0 aliphatic rings. The van der Waals surface area contributed by atoms with Gasteiger partial charge in [0.2, 0.25) is 0 Å². The van der Waals surface area contributed by atoms with Crippen molar-refractivity contribution >= 4 is 11.6 Å². The largest absolute Gasteiger partial charge is 0.384 e. The van der Waals surface area contributed by atoms with Crippen molar-refractivity contribution in [2.24, 2.45) is 0 Å². The molecule has 2 aromatic carbocycles. The van der Waals surface area contributed by atoms with Gasteiger partial charge in [0.1, 0.15) is 0 Å². The molecular weight excluding hydrogens is 358 g/mol. The molecule has 0 aliphatic heterocycles. The predicted molar refractivity (Wildman–Crippen MR) is 119 cm³/mol. The quantitative estimate of drug-likeness (QED) is 0.515. The molecule has 3 rings (SSSR count). The Morgan fingerprint density at radius 2 is 1.62 bits per heavy atom. The van der Waals surface area contributed by atoms with Gasteiger partial charge >= 0.3 is 0 Å². The molecule has 0 saturated carbocycles. The Hall–Kier alpha value is -3.14. The van der Waals surface area contributed by atoms with E-state index in [0.717, 1.165) is 30.6 Å². The first kappa shape index (κ1) is 20.6. The third-order valence-corrected chi connectivity index (χ3v) is 4.88. The molecule has 0 radical (unpaired) electrons. The third-order valence-electron chi connectivity index (χ3n) is 4.88. The molecule has 0 spiro atoms. The van der Waals surface area contributed by atoms with Gasteiger partial charge in [0.05, 0.1) is 11.3 Å². The van der Waals surface area contributed by atoms with Gasteiger partial charge in [-0.15, -0.1) is 0 Å². The van der Waals surface area contributed by atoms with Gasteiger partial charge in [-0.2, -0.15) is 0 Å². The molecule has 4 nitrogen and oxygen atoms in total. The highest BCUT2D eigenvalue weighted by molar-refractivity contribution is 5.94. The summed E-state index contributed by atoms with van der Waals surface area (Å²) >= 11 is 0. The van der Waals surface area contributed by atoms with Gasteiger partial charge in [0.15, 0.2) is 0 Å². The lowest BCUT2D eigenvalue weighted by atomic mass is 10.1. The first-order chi connectivity index (χ1) is 14.1. The van der Waals surface area contributed by atoms with Gasteiger partial charge in [0.25, 0.3) is 5.91 Å². The van der Waals surface area contributed by atoms with Gasteiger partial charge in [0, 0.05) is 31.5 Å². The molecule has 0 bridgehead atoms. The highest BCUT2D eigenvalue weighted by Gasteiger charge is 2.19. The van der Waals surface area contributed by atoms with Crippen molar-refractivity contribution < 1.29 is 4.79 Å². The maximum Gasteiger partial charge on any atom is 0.256 e. The number of nitrogens with one attached hydrogen (secondary N) is 1. The van der Waals surface area contributed by atoms with Crippen molar-refractivity contribution in [1.29, 1.82) is 0 Å². The van der Waals surface area contributed by atoms with Gasteiger partial charge in [-0.05, 0) is 43.9 Å². The summed E-state index contributed by atoms with van der Waals surface area (Å²) in [5.41, 5.74) is 3.96. The molecule has 0 aliphatic carbocycles. The van der Waals surface area contributed by atoms with Crippen LogP contribution in [0, 0.1) is 0 Å². The van der Waals surface area contributed by atoms with Crippen molar-refractivity contribution in [2.75, 3.05) is 11.9 Å². The molecular formula is C25H29N3O. The number of nitrogens with zero attached hydrogens (tertiary/aromatic N) is 2. The van der Waals surface area contributed by atoms with Crippen LogP contribution in [0.25, 0.3) is 0 Å². The smallest absolute Gasteiger partial charge is 0.256 e. The topological polar surface area (TPSA) is 45.2 Å². The first-order valence-corrected chi connectivity index (χ1v) is 10.2. The minimum Gasteiger partial charge on any atom is -0.384 e. The number of hydrogen-bond donors (Lipinski definition) is 1. The molecule has 4 heteroatoms. The van der Waals surface area contributed by atoms with E-state index in [1.165, 1.54) is 5.56 Å². The fraction of sp³-hybridized carbons (Fsp3) is 0.280. The Labute approximate surface area is 173 Å². The molecule has 0 fully saturated rings. The molecule has 0 unspecified atom stereocenters. The molecule has 1 heterocycles. The van der Waals surface area contributed by atoms with E-state index in [4.69, 9.17) is 0 Å². The Balaban J connectivity index is 1.60. The number of aryl methyl sites for hydroxylation is 1. The highest BCUT2D eigenvalue weighted by atomic mass is 16.2. The number of amides is 1. The number of hydrogen-bond acceptors (Lipinski definition) is 3. The number of aromatic nitrogens is 1. The molecule has 1 N–H and O–H groups in total. The fourth-order valence-corrected chi connectivity index (χ4v) is 3.26. The lowest BCUT2D eigenvalue weighted by molar-refractivity contribution is 0.0690. The van der Waals surface area contributed by atoms with Gasteiger partial charge < -0.3 is 10.2 Å². The summed E-state index contributed by atoms with van der Waals surface area (Å²) in [6.07, 6.45) is 5.47. The zero-order valence-electron chi connectivity index (χ0n) is 17.2. The molecule has 150 valence electrons. The minimum absolute atomic E-state index is 0.00397. The zero-order valence-corrected chi connectivity index (χ0v) is 17.2. The van der Waals surface area contributed by atoms with Crippen molar-refractivity contribution in [2.45, 2.75) is 39.3 Å². The maximum absolute atomic E-state index is 13.1. The maximum atomic E-state index is 13.1. The van der Waals surface area contributed by atoms with Crippen LogP contribution in [-0.4, -0.2) is 28.4 Å². The fourth-order valence-electron chi connectivity index (χ4n) is 3.26. The van der Waals surface area contributed by atoms with Crippen LogP contribution >= 0.6 is 0 Å². The second-order valence-electron chi connectivity index (χ2n) is 7.49. The Morgan fingerprint density at radius 1 is 0.966 bits per heavy atom. The van der Waals surface area contributed by atoms with Crippen molar-refractivity contribution in [3.05, 3.63) is 95.8 Å². The Kier molecular flexibility index (Phi) is 7.40. The Morgan fingerprint density at radius 3 is 2.28 bits per heavy atom. The van der Waals surface area contributed by atoms with E-state index >= 15 is 0 Å². The van der Waals surface area contributed by atoms with E-state index < -0.39 is 0 Å². The van der Waals surface area contributed by atoms with Crippen LogP contribution in [0.4, 0.5) is 5.69 Å². The van der Waals surface area contributed by atoms with Crippen LogP contribution in [-0.2, 0) is 13.0 Å². The molecule has 3 aromatic rings. The summed E-state index contributed by atoms with van der Waals surface area (Å²) in [7, 11) is 0. The van der Waals surface area contributed by atoms with E-state index in [2.05, 4.69) is 34.6 Å². The highest BCUT2D eigenvalue weighted by Crippen LogP contribution is 2.16. The summed E-state index contributed by atoms with van der Waals surface area (Å²) in [6, 6.07) is 22.5. The lowest BCUT2D eigenvalue weighted by Gasteiger charge is -2.27. The lowest BCUT2D eigenvalue weighted by Crippen LogP contribution is -2.36. The second-order valence-corrected chi connectivity index (χ2v) is 7.49. The third kappa shape index (κ3) is 6.18. The molecule has 1 amide bonds. The summed E-state index contributed by atoms with van der Waals surface area (Å²) in [5, 5.41) is 3.39. The van der Waals surface area contributed by atoms with Gasteiger partial charge in [-0.3, -0.25) is 9.78 Å². The Bertz CT molecular complexity index is 894. The number of pyridine rings is 1. The van der Waals surface area contributed by atoms with Crippen LogP contribution in [0.5, 0.6) is 0 Å². The molecule has 29 heavy (non-hydrogen) atoms. The number of carbonyl (C=O) groups is 1. The summed E-state index contributed by atoms with van der Waals surface area (Å²) in [4.78, 5) is 19.3. The SMILES string of the molecule is CC(C)N(Cc1ccccc1)C(=O)c1cncc(NCCCc2ccccc2)c1. The molecule has 1 aromatic heterocycles. The van der Waals surface area contributed by atoms with Crippen LogP contribution in [0.2, 0.25) is 0 Å². The van der Waals surface area contributed by atoms with Gasteiger partial charge in [-0.1, -0.05) is 60.7 Å². The number of rotatable bonds is 9. The van der Waals surface area contributed by atoms with E-state index in [1.54, 1.807) is 12.4 Å². The standard InChI is InChI=1S/C25H29N3O/c1-20(2)28(19-22-12-7-4-8-13-22)25(29)23-16-24(18-26-17-23)27-15-9-14-21-10-5-3-6-11-21/h3-8,10-13,16-18,20,27H,9,14-15,19H2,1-2H3. The second kappa shape index (κ2) is 10.4. The van der Waals surface area contributed by atoms with E-state index in [9.17, 15) is 4.79 Å². The number of carbonyl (C=O) groups excluding carboxylic acids is 1.